The smallest absolute Gasteiger partial charge is 0.122 e. The summed E-state index contributed by atoms with van der Waals surface area (Å²) in [5.74, 6) is 0.874. The number of rotatable bonds is 3. The van der Waals surface area contributed by atoms with Crippen LogP contribution in [0.4, 0.5) is 0 Å². The van der Waals surface area contributed by atoms with Gasteiger partial charge in [0.1, 0.15) is 11.5 Å². The van der Waals surface area contributed by atoms with E-state index in [2.05, 4.69) is 4.90 Å². The van der Waals surface area contributed by atoms with Crippen LogP contribution in [0.5, 0.6) is 11.5 Å². The zero-order valence-corrected chi connectivity index (χ0v) is 11.2. The van der Waals surface area contributed by atoms with Gasteiger partial charge in [0, 0.05) is 31.1 Å². The number of aromatic hydroxyl groups is 1. The number of phenolic OH excluding ortho intramolecular Hbond substituents is 1. The van der Waals surface area contributed by atoms with E-state index in [0.29, 0.717) is 25.4 Å². The van der Waals surface area contributed by atoms with Crippen molar-refractivity contribution in [2.45, 2.75) is 6.42 Å². The first-order chi connectivity index (χ1) is 8.70. The molecule has 0 radical (unpaired) electrons. The Morgan fingerprint density at radius 3 is 2.78 bits per heavy atom. The van der Waals surface area contributed by atoms with Gasteiger partial charge >= 0.3 is 0 Å². The van der Waals surface area contributed by atoms with Gasteiger partial charge in [-0.2, -0.15) is 0 Å². The Balaban J connectivity index is 2.02. The number of hydrogen-bond donors (Lipinski definition) is 1. The number of hydrogen-bond acceptors (Lipinski definition) is 4. The van der Waals surface area contributed by atoms with Crippen LogP contribution in [-0.2, 0) is 11.2 Å². The van der Waals surface area contributed by atoms with Gasteiger partial charge in [-0.05, 0) is 6.07 Å². The first-order valence-electron chi connectivity index (χ1n) is 5.92. The van der Waals surface area contributed by atoms with E-state index < -0.39 is 0 Å². The molecule has 4 nitrogen and oxygen atoms in total. The topological polar surface area (TPSA) is 41.9 Å². The summed E-state index contributed by atoms with van der Waals surface area (Å²) in [5, 5.41) is 9.89. The Bertz CT molecular complexity index is 430. The quantitative estimate of drug-likeness (QED) is 0.843. The van der Waals surface area contributed by atoms with E-state index in [1.165, 1.54) is 0 Å². The predicted octanol–water partition coefficient (Wildman–Crippen LogP) is 1.60. The molecule has 0 aromatic heterocycles. The minimum Gasteiger partial charge on any atom is -0.508 e. The van der Waals surface area contributed by atoms with Crippen LogP contribution < -0.4 is 4.74 Å². The molecule has 18 heavy (non-hydrogen) atoms. The number of benzene rings is 1. The van der Waals surface area contributed by atoms with Gasteiger partial charge in [-0.15, -0.1) is 0 Å². The van der Waals surface area contributed by atoms with Crippen molar-refractivity contribution in [3.05, 3.63) is 23.8 Å². The highest BCUT2D eigenvalue weighted by atomic mass is 32.1. The summed E-state index contributed by atoms with van der Waals surface area (Å²) in [6.07, 6.45) is 0.575. The molecule has 1 saturated heterocycles. The Kier molecular flexibility index (Phi) is 4.38. The molecule has 0 atom stereocenters. The highest BCUT2D eigenvalue weighted by Gasteiger charge is 2.15. The molecule has 1 N–H and O–H groups in total. The molecular weight excluding hydrogens is 250 g/mol. The molecular formula is C13H17NO3S. The third-order valence-electron chi connectivity index (χ3n) is 3.00. The van der Waals surface area contributed by atoms with Gasteiger partial charge in [0.05, 0.1) is 25.3 Å². The minimum atomic E-state index is 0.227. The van der Waals surface area contributed by atoms with E-state index in [1.54, 1.807) is 13.2 Å². The second kappa shape index (κ2) is 6.02. The van der Waals surface area contributed by atoms with Crippen molar-refractivity contribution in [1.29, 1.82) is 0 Å². The summed E-state index contributed by atoms with van der Waals surface area (Å²) in [5.41, 5.74) is 0.826. The highest BCUT2D eigenvalue weighted by molar-refractivity contribution is 7.80. The van der Waals surface area contributed by atoms with Crippen LogP contribution in [0.25, 0.3) is 0 Å². The van der Waals surface area contributed by atoms with Gasteiger partial charge < -0.3 is 19.5 Å². The zero-order chi connectivity index (χ0) is 13.0. The van der Waals surface area contributed by atoms with Crippen molar-refractivity contribution in [2.24, 2.45) is 0 Å². The summed E-state index contributed by atoms with van der Waals surface area (Å²) < 4.78 is 10.3. The first-order valence-corrected chi connectivity index (χ1v) is 6.33. The van der Waals surface area contributed by atoms with Gasteiger partial charge in [0.2, 0.25) is 0 Å². The maximum absolute atomic E-state index is 9.89. The van der Waals surface area contributed by atoms with Crippen LogP contribution in [0.1, 0.15) is 5.56 Å². The van der Waals surface area contributed by atoms with Crippen molar-refractivity contribution in [1.82, 2.24) is 4.90 Å². The van der Waals surface area contributed by atoms with E-state index in [1.807, 2.05) is 12.1 Å². The van der Waals surface area contributed by atoms with Crippen molar-refractivity contribution in [2.75, 3.05) is 33.4 Å². The molecule has 0 amide bonds. The first kappa shape index (κ1) is 13.1. The number of morpholine rings is 1. The lowest BCUT2D eigenvalue weighted by atomic mass is 10.1. The average molecular weight is 267 g/mol. The molecule has 5 heteroatoms. The molecule has 1 aromatic carbocycles. The molecule has 0 aliphatic carbocycles. The Hall–Kier alpha value is -1.33. The maximum atomic E-state index is 9.89. The Morgan fingerprint density at radius 2 is 2.17 bits per heavy atom. The van der Waals surface area contributed by atoms with E-state index in [-0.39, 0.29) is 5.75 Å². The van der Waals surface area contributed by atoms with Crippen molar-refractivity contribution in [3.63, 3.8) is 0 Å². The van der Waals surface area contributed by atoms with Gasteiger partial charge in [0.25, 0.3) is 0 Å². The molecule has 0 saturated carbocycles. The van der Waals surface area contributed by atoms with Crippen molar-refractivity contribution >= 4 is 17.2 Å². The van der Waals surface area contributed by atoms with Gasteiger partial charge in [-0.3, -0.25) is 0 Å². The number of ether oxygens (including phenoxy) is 2. The number of thiocarbonyl (C=S) groups is 1. The normalized spacial score (nSPS) is 15.5. The molecule has 1 heterocycles. The summed E-state index contributed by atoms with van der Waals surface area (Å²) in [7, 11) is 1.58. The Labute approximate surface area is 112 Å². The maximum Gasteiger partial charge on any atom is 0.122 e. The van der Waals surface area contributed by atoms with Crippen LogP contribution in [0.15, 0.2) is 18.2 Å². The van der Waals surface area contributed by atoms with E-state index >= 15 is 0 Å². The summed E-state index contributed by atoms with van der Waals surface area (Å²) in [4.78, 5) is 2.97. The van der Waals surface area contributed by atoms with Gasteiger partial charge in [-0.25, -0.2) is 0 Å². The molecule has 0 unspecified atom stereocenters. The summed E-state index contributed by atoms with van der Waals surface area (Å²) in [6.45, 7) is 3.09. The summed E-state index contributed by atoms with van der Waals surface area (Å²) >= 11 is 5.40. The van der Waals surface area contributed by atoms with Crippen LogP contribution >= 0.6 is 12.2 Å². The molecule has 1 fully saturated rings. The molecule has 0 spiro atoms. The van der Waals surface area contributed by atoms with Crippen LogP contribution in [-0.4, -0.2) is 48.4 Å². The molecule has 2 rings (SSSR count). The van der Waals surface area contributed by atoms with Crippen molar-refractivity contribution in [3.8, 4) is 11.5 Å². The third kappa shape index (κ3) is 3.11. The molecule has 1 aromatic rings. The van der Waals surface area contributed by atoms with E-state index in [0.717, 1.165) is 23.6 Å². The molecule has 98 valence electrons. The lowest BCUT2D eigenvalue weighted by Gasteiger charge is -2.29. The summed E-state index contributed by atoms with van der Waals surface area (Å²) in [6, 6.07) is 5.29. The van der Waals surface area contributed by atoms with Gasteiger partial charge in [0.15, 0.2) is 0 Å². The number of phenols is 1. The SMILES string of the molecule is COc1ccc(CC(=S)N2CCOCC2)c(O)c1. The average Bonchev–Trinajstić information content (AvgIpc) is 2.42. The second-order valence-electron chi connectivity index (χ2n) is 4.16. The highest BCUT2D eigenvalue weighted by Crippen LogP contribution is 2.24. The van der Waals surface area contributed by atoms with E-state index in [9.17, 15) is 5.11 Å². The van der Waals surface area contributed by atoms with E-state index in [4.69, 9.17) is 21.7 Å². The lowest BCUT2D eigenvalue weighted by Crippen LogP contribution is -2.40. The number of nitrogens with zero attached hydrogens (tertiary/aromatic N) is 1. The van der Waals surface area contributed by atoms with Crippen LogP contribution in [0, 0.1) is 0 Å². The Morgan fingerprint density at radius 1 is 1.44 bits per heavy atom. The molecule has 1 aliphatic rings. The molecule has 0 bridgehead atoms. The lowest BCUT2D eigenvalue weighted by molar-refractivity contribution is 0.0684. The molecule has 1 aliphatic heterocycles. The third-order valence-corrected chi connectivity index (χ3v) is 3.40. The fourth-order valence-corrected chi connectivity index (χ4v) is 2.25. The van der Waals surface area contributed by atoms with Crippen LogP contribution in [0.2, 0.25) is 0 Å². The van der Waals surface area contributed by atoms with Crippen LogP contribution in [0.3, 0.4) is 0 Å². The second-order valence-corrected chi connectivity index (χ2v) is 4.64. The van der Waals surface area contributed by atoms with Gasteiger partial charge in [-0.1, -0.05) is 18.3 Å². The van der Waals surface area contributed by atoms with Crippen molar-refractivity contribution < 1.29 is 14.6 Å². The standard InChI is InChI=1S/C13H17NO3S/c1-16-11-3-2-10(12(15)9-11)8-13(18)14-4-6-17-7-5-14/h2-3,9,15H,4-8H2,1H3. The fourth-order valence-electron chi connectivity index (χ4n) is 1.91. The zero-order valence-electron chi connectivity index (χ0n) is 10.4. The largest absolute Gasteiger partial charge is 0.508 e. The minimum absolute atomic E-state index is 0.227. The predicted molar refractivity (Wildman–Crippen MR) is 73.4 cm³/mol. The monoisotopic (exact) mass is 267 g/mol. The fraction of sp³-hybridized carbons (Fsp3) is 0.462. The number of methoxy groups -OCH3 is 1.